The first-order chi connectivity index (χ1) is 10.1. The van der Waals surface area contributed by atoms with E-state index >= 15 is 0 Å². The van der Waals surface area contributed by atoms with E-state index in [0.29, 0.717) is 22.8 Å². The standard InChI is InChI=1S/C17H15N3S/c1-12(2)16-7-6-15(10-19)17(20-16)21-11-14-5-3-4-13(8-14)9-18/h3-8,12H,11H2,1-2H3. The lowest BCUT2D eigenvalue weighted by Crippen LogP contribution is -1.96. The average Bonchev–Trinajstić information content (AvgIpc) is 2.52. The summed E-state index contributed by atoms with van der Waals surface area (Å²) in [5, 5.41) is 18.9. The van der Waals surface area contributed by atoms with Gasteiger partial charge in [0.15, 0.2) is 0 Å². The van der Waals surface area contributed by atoms with Crippen molar-refractivity contribution in [2.75, 3.05) is 0 Å². The fourth-order valence-corrected chi connectivity index (χ4v) is 2.78. The maximum Gasteiger partial charge on any atom is 0.114 e. The van der Waals surface area contributed by atoms with E-state index in [9.17, 15) is 5.26 Å². The predicted molar refractivity (Wildman–Crippen MR) is 83.8 cm³/mol. The lowest BCUT2D eigenvalue weighted by atomic mass is 10.1. The molecule has 0 saturated carbocycles. The predicted octanol–water partition coefficient (Wildman–Crippen LogP) is 4.24. The first-order valence-corrected chi connectivity index (χ1v) is 7.65. The zero-order valence-corrected chi connectivity index (χ0v) is 12.8. The molecule has 3 nitrogen and oxygen atoms in total. The van der Waals surface area contributed by atoms with Gasteiger partial charge in [0.25, 0.3) is 0 Å². The maximum atomic E-state index is 9.18. The minimum atomic E-state index is 0.332. The fourth-order valence-electron chi connectivity index (χ4n) is 1.85. The minimum absolute atomic E-state index is 0.332. The van der Waals surface area contributed by atoms with Crippen LogP contribution >= 0.6 is 11.8 Å². The van der Waals surface area contributed by atoms with E-state index in [2.05, 4.69) is 31.0 Å². The van der Waals surface area contributed by atoms with Gasteiger partial charge in [-0.1, -0.05) is 26.0 Å². The van der Waals surface area contributed by atoms with Crippen LogP contribution in [-0.4, -0.2) is 4.98 Å². The third-order valence-corrected chi connectivity index (χ3v) is 4.09. The monoisotopic (exact) mass is 293 g/mol. The molecular weight excluding hydrogens is 278 g/mol. The SMILES string of the molecule is CC(C)c1ccc(C#N)c(SCc2cccc(C#N)c2)n1. The zero-order valence-electron chi connectivity index (χ0n) is 12.0. The lowest BCUT2D eigenvalue weighted by molar-refractivity contribution is 0.801. The number of aromatic nitrogens is 1. The molecule has 21 heavy (non-hydrogen) atoms. The minimum Gasteiger partial charge on any atom is -0.245 e. The van der Waals surface area contributed by atoms with Crippen molar-refractivity contribution in [2.45, 2.75) is 30.5 Å². The van der Waals surface area contributed by atoms with Crippen LogP contribution in [0.25, 0.3) is 0 Å². The number of pyridine rings is 1. The topological polar surface area (TPSA) is 60.5 Å². The van der Waals surface area contributed by atoms with Gasteiger partial charge in [-0.3, -0.25) is 0 Å². The Labute approximate surface area is 129 Å². The molecule has 1 aromatic carbocycles. The molecule has 2 aromatic rings. The molecule has 0 atom stereocenters. The molecule has 0 bridgehead atoms. The Kier molecular flexibility index (Phi) is 4.98. The van der Waals surface area contributed by atoms with Gasteiger partial charge in [-0.05, 0) is 35.7 Å². The maximum absolute atomic E-state index is 9.18. The Hall–Kier alpha value is -2.30. The summed E-state index contributed by atoms with van der Waals surface area (Å²) in [6.07, 6.45) is 0. The van der Waals surface area contributed by atoms with Crippen molar-refractivity contribution >= 4 is 11.8 Å². The molecule has 0 N–H and O–H groups in total. The van der Waals surface area contributed by atoms with Crippen molar-refractivity contribution in [3.63, 3.8) is 0 Å². The molecule has 0 amide bonds. The van der Waals surface area contributed by atoms with E-state index in [4.69, 9.17) is 5.26 Å². The van der Waals surface area contributed by atoms with Crippen LogP contribution in [0.5, 0.6) is 0 Å². The Morgan fingerprint density at radius 1 is 1.14 bits per heavy atom. The molecule has 1 heterocycles. The Bertz CT molecular complexity index is 724. The molecule has 0 spiro atoms. The molecule has 0 aliphatic rings. The molecular formula is C17H15N3S. The van der Waals surface area contributed by atoms with Crippen LogP contribution in [-0.2, 0) is 5.75 Å². The number of hydrogen-bond donors (Lipinski definition) is 0. The van der Waals surface area contributed by atoms with Gasteiger partial charge in [0, 0.05) is 11.4 Å². The van der Waals surface area contributed by atoms with Gasteiger partial charge in [-0.2, -0.15) is 10.5 Å². The second-order valence-electron chi connectivity index (χ2n) is 4.96. The van der Waals surface area contributed by atoms with Gasteiger partial charge >= 0.3 is 0 Å². The molecule has 0 unspecified atom stereocenters. The van der Waals surface area contributed by atoms with Crippen LogP contribution in [0.2, 0.25) is 0 Å². The third kappa shape index (κ3) is 3.84. The molecule has 0 aliphatic carbocycles. The van der Waals surface area contributed by atoms with Gasteiger partial charge in [0.1, 0.15) is 11.1 Å². The number of thioether (sulfide) groups is 1. The number of nitriles is 2. The van der Waals surface area contributed by atoms with Crippen molar-refractivity contribution in [3.05, 3.63) is 58.8 Å². The Morgan fingerprint density at radius 3 is 2.62 bits per heavy atom. The van der Waals surface area contributed by atoms with E-state index in [-0.39, 0.29) is 0 Å². The third-order valence-electron chi connectivity index (χ3n) is 3.03. The van der Waals surface area contributed by atoms with Crippen molar-refractivity contribution in [1.82, 2.24) is 4.98 Å². The Balaban J connectivity index is 2.21. The van der Waals surface area contributed by atoms with Gasteiger partial charge < -0.3 is 0 Å². The van der Waals surface area contributed by atoms with Crippen LogP contribution in [0.1, 0.15) is 42.1 Å². The molecule has 4 heteroatoms. The molecule has 0 aliphatic heterocycles. The smallest absolute Gasteiger partial charge is 0.114 e. The summed E-state index contributed by atoms with van der Waals surface area (Å²) in [6, 6.07) is 15.6. The van der Waals surface area contributed by atoms with Gasteiger partial charge in [-0.15, -0.1) is 11.8 Å². The van der Waals surface area contributed by atoms with Crippen molar-refractivity contribution in [2.24, 2.45) is 0 Å². The first kappa shape index (κ1) is 15.1. The number of benzene rings is 1. The van der Waals surface area contributed by atoms with Crippen molar-refractivity contribution in [1.29, 1.82) is 10.5 Å². The van der Waals surface area contributed by atoms with Crippen molar-refractivity contribution in [3.8, 4) is 12.1 Å². The Morgan fingerprint density at radius 2 is 1.95 bits per heavy atom. The van der Waals surface area contributed by atoms with Crippen LogP contribution in [0.15, 0.2) is 41.4 Å². The summed E-state index contributed by atoms with van der Waals surface area (Å²) in [4.78, 5) is 4.58. The number of rotatable bonds is 4. The van der Waals surface area contributed by atoms with E-state index in [1.54, 1.807) is 6.07 Å². The second kappa shape index (κ2) is 6.92. The number of hydrogen-bond acceptors (Lipinski definition) is 4. The normalized spacial score (nSPS) is 10.1. The largest absolute Gasteiger partial charge is 0.245 e. The summed E-state index contributed by atoms with van der Waals surface area (Å²) in [5.74, 6) is 1.03. The van der Waals surface area contributed by atoms with Gasteiger partial charge in [0.2, 0.25) is 0 Å². The molecule has 0 fully saturated rings. The number of nitrogens with zero attached hydrogens (tertiary/aromatic N) is 3. The highest BCUT2D eigenvalue weighted by atomic mass is 32.2. The summed E-state index contributed by atoms with van der Waals surface area (Å²) in [5.41, 5.74) is 3.29. The van der Waals surface area contributed by atoms with Crippen LogP contribution in [0.3, 0.4) is 0 Å². The summed E-state index contributed by atoms with van der Waals surface area (Å²) in [7, 11) is 0. The first-order valence-electron chi connectivity index (χ1n) is 6.67. The molecule has 2 rings (SSSR count). The zero-order chi connectivity index (χ0) is 15.2. The highest BCUT2D eigenvalue weighted by molar-refractivity contribution is 7.98. The quantitative estimate of drug-likeness (QED) is 0.791. The van der Waals surface area contributed by atoms with Gasteiger partial charge in [0.05, 0.1) is 17.2 Å². The summed E-state index contributed by atoms with van der Waals surface area (Å²) < 4.78 is 0. The van der Waals surface area contributed by atoms with Crippen LogP contribution in [0.4, 0.5) is 0 Å². The average molecular weight is 293 g/mol. The highest BCUT2D eigenvalue weighted by Gasteiger charge is 2.09. The molecule has 1 aromatic heterocycles. The van der Waals surface area contributed by atoms with E-state index in [0.717, 1.165) is 16.3 Å². The summed E-state index contributed by atoms with van der Waals surface area (Å²) in [6.45, 7) is 4.17. The lowest BCUT2D eigenvalue weighted by Gasteiger charge is -2.09. The van der Waals surface area contributed by atoms with Gasteiger partial charge in [-0.25, -0.2) is 4.98 Å². The van der Waals surface area contributed by atoms with Crippen molar-refractivity contribution < 1.29 is 0 Å². The van der Waals surface area contributed by atoms with E-state index < -0.39 is 0 Å². The van der Waals surface area contributed by atoms with Crippen LogP contribution < -0.4 is 0 Å². The summed E-state index contributed by atoms with van der Waals surface area (Å²) >= 11 is 1.53. The van der Waals surface area contributed by atoms with E-state index in [1.165, 1.54) is 11.8 Å². The molecule has 0 radical (unpaired) electrons. The highest BCUT2D eigenvalue weighted by Crippen LogP contribution is 2.26. The van der Waals surface area contributed by atoms with Crippen LogP contribution in [0, 0.1) is 22.7 Å². The fraction of sp³-hybridized carbons (Fsp3) is 0.235. The van der Waals surface area contributed by atoms with E-state index in [1.807, 2.05) is 30.3 Å². The molecule has 104 valence electrons. The second-order valence-corrected chi connectivity index (χ2v) is 5.92. The molecule has 0 saturated heterocycles.